The van der Waals surface area contributed by atoms with Crippen molar-refractivity contribution in [3.8, 4) is 0 Å². The highest BCUT2D eigenvalue weighted by molar-refractivity contribution is 6.08. The summed E-state index contributed by atoms with van der Waals surface area (Å²) in [6.45, 7) is 5.80. The molecule has 1 heterocycles. The number of aryl methyl sites for hydroxylation is 1. The third kappa shape index (κ3) is 1.95. The summed E-state index contributed by atoms with van der Waals surface area (Å²) in [5.74, 6) is 0.253. The minimum atomic E-state index is -0.155. The van der Waals surface area contributed by atoms with Crippen molar-refractivity contribution in [2.24, 2.45) is 0 Å². The van der Waals surface area contributed by atoms with Crippen LogP contribution >= 0.6 is 0 Å². The van der Waals surface area contributed by atoms with E-state index in [1.165, 1.54) is 0 Å². The Morgan fingerprint density at radius 3 is 2.60 bits per heavy atom. The van der Waals surface area contributed by atoms with E-state index in [-0.39, 0.29) is 11.9 Å². The van der Waals surface area contributed by atoms with E-state index in [9.17, 15) is 4.79 Å². The van der Waals surface area contributed by atoms with Gasteiger partial charge in [0.1, 0.15) is 5.58 Å². The van der Waals surface area contributed by atoms with Crippen LogP contribution in [0.5, 0.6) is 0 Å². The number of hydrogen-bond donors (Lipinski definition) is 1. The van der Waals surface area contributed by atoms with Crippen molar-refractivity contribution in [2.75, 3.05) is 0 Å². The monoisotopic (exact) mass is 267 g/mol. The average molecular weight is 267 g/mol. The van der Waals surface area contributed by atoms with Gasteiger partial charge in [-0.05, 0) is 26.2 Å². The summed E-state index contributed by atoms with van der Waals surface area (Å²) in [5.41, 5.74) is 1.68. The van der Waals surface area contributed by atoms with Crippen LogP contribution in [0.3, 0.4) is 0 Å². The molecule has 20 heavy (non-hydrogen) atoms. The fourth-order valence-electron chi connectivity index (χ4n) is 2.49. The van der Waals surface area contributed by atoms with Gasteiger partial charge in [-0.3, -0.25) is 4.79 Å². The van der Waals surface area contributed by atoms with E-state index in [1.54, 1.807) is 0 Å². The first-order valence-corrected chi connectivity index (χ1v) is 6.79. The molecule has 3 rings (SSSR count). The van der Waals surface area contributed by atoms with Crippen LogP contribution in [-0.4, -0.2) is 11.9 Å². The van der Waals surface area contributed by atoms with E-state index in [0.717, 1.165) is 27.3 Å². The second-order valence-electron chi connectivity index (χ2n) is 5.35. The summed E-state index contributed by atoms with van der Waals surface area (Å²) in [7, 11) is 0. The van der Waals surface area contributed by atoms with Crippen molar-refractivity contribution in [1.82, 2.24) is 5.32 Å². The quantitative estimate of drug-likeness (QED) is 0.761. The molecule has 102 valence electrons. The standard InChI is InChI=1S/C17H17NO2/c1-10(2)18-17(19)15-11(3)13-9-8-12-6-4-5-7-14(12)16(13)20-15/h4-10H,1-3H3,(H,18,19). The molecule has 0 aliphatic heterocycles. The van der Waals surface area contributed by atoms with E-state index in [1.807, 2.05) is 51.1 Å². The third-order valence-corrected chi connectivity index (χ3v) is 3.45. The van der Waals surface area contributed by atoms with Crippen molar-refractivity contribution in [1.29, 1.82) is 0 Å². The Labute approximate surface area is 117 Å². The smallest absolute Gasteiger partial charge is 0.287 e. The molecule has 3 heteroatoms. The first-order chi connectivity index (χ1) is 9.58. The average Bonchev–Trinajstić information content (AvgIpc) is 2.76. The predicted octanol–water partition coefficient (Wildman–Crippen LogP) is 4.03. The number of furan rings is 1. The zero-order valence-electron chi connectivity index (χ0n) is 11.9. The first-order valence-electron chi connectivity index (χ1n) is 6.79. The highest BCUT2D eigenvalue weighted by Gasteiger charge is 2.19. The number of amides is 1. The zero-order chi connectivity index (χ0) is 14.3. The SMILES string of the molecule is Cc1c(C(=O)NC(C)C)oc2c1ccc1ccccc12. The van der Waals surface area contributed by atoms with Crippen molar-refractivity contribution >= 4 is 27.6 Å². The van der Waals surface area contributed by atoms with Gasteiger partial charge in [0, 0.05) is 22.4 Å². The molecule has 0 saturated carbocycles. The Kier molecular flexibility index (Phi) is 2.97. The van der Waals surface area contributed by atoms with Crippen LogP contribution in [0.25, 0.3) is 21.7 Å². The van der Waals surface area contributed by atoms with Crippen LogP contribution in [0.15, 0.2) is 40.8 Å². The van der Waals surface area contributed by atoms with E-state index in [2.05, 4.69) is 11.4 Å². The number of carbonyl (C=O) groups excluding carboxylic acids is 1. The van der Waals surface area contributed by atoms with Crippen molar-refractivity contribution in [2.45, 2.75) is 26.8 Å². The lowest BCUT2D eigenvalue weighted by atomic mass is 10.1. The van der Waals surface area contributed by atoms with Crippen LogP contribution in [0.2, 0.25) is 0 Å². The van der Waals surface area contributed by atoms with E-state index in [4.69, 9.17) is 4.42 Å². The fraction of sp³-hybridized carbons (Fsp3) is 0.235. The molecule has 3 aromatic rings. The van der Waals surface area contributed by atoms with Gasteiger partial charge in [-0.1, -0.05) is 36.4 Å². The Hall–Kier alpha value is -2.29. The molecule has 2 aromatic carbocycles. The second-order valence-corrected chi connectivity index (χ2v) is 5.35. The molecular weight excluding hydrogens is 250 g/mol. The normalized spacial score (nSPS) is 11.4. The Bertz CT molecular complexity index is 799. The number of hydrogen-bond acceptors (Lipinski definition) is 2. The number of nitrogens with one attached hydrogen (secondary N) is 1. The summed E-state index contributed by atoms with van der Waals surface area (Å²) in [6, 6.07) is 12.2. The third-order valence-electron chi connectivity index (χ3n) is 3.45. The maximum atomic E-state index is 12.2. The molecule has 0 bridgehead atoms. The lowest BCUT2D eigenvalue weighted by Crippen LogP contribution is -2.30. The van der Waals surface area contributed by atoms with Gasteiger partial charge < -0.3 is 9.73 Å². The minimum absolute atomic E-state index is 0.0897. The number of rotatable bonds is 2. The maximum Gasteiger partial charge on any atom is 0.287 e. The fourth-order valence-corrected chi connectivity index (χ4v) is 2.49. The van der Waals surface area contributed by atoms with Gasteiger partial charge in [0.05, 0.1) is 0 Å². The predicted molar refractivity (Wildman–Crippen MR) is 81.1 cm³/mol. The Morgan fingerprint density at radius 1 is 1.10 bits per heavy atom. The van der Waals surface area contributed by atoms with E-state index < -0.39 is 0 Å². The summed E-state index contributed by atoms with van der Waals surface area (Å²) in [4.78, 5) is 12.2. The van der Waals surface area contributed by atoms with Gasteiger partial charge in [0.2, 0.25) is 0 Å². The van der Waals surface area contributed by atoms with Gasteiger partial charge in [0.15, 0.2) is 5.76 Å². The molecule has 0 aliphatic rings. The summed E-state index contributed by atoms with van der Waals surface area (Å²) >= 11 is 0. The first kappa shape index (κ1) is 12.7. The van der Waals surface area contributed by atoms with Crippen molar-refractivity contribution in [3.05, 3.63) is 47.7 Å². The van der Waals surface area contributed by atoms with Gasteiger partial charge in [0.25, 0.3) is 5.91 Å². The molecule has 3 nitrogen and oxygen atoms in total. The van der Waals surface area contributed by atoms with Crippen LogP contribution in [0, 0.1) is 6.92 Å². The van der Waals surface area contributed by atoms with Crippen LogP contribution in [0.4, 0.5) is 0 Å². The number of fused-ring (bicyclic) bond motifs is 3. The van der Waals surface area contributed by atoms with Crippen molar-refractivity contribution in [3.63, 3.8) is 0 Å². The number of carbonyl (C=O) groups is 1. The van der Waals surface area contributed by atoms with Crippen LogP contribution in [-0.2, 0) is 0 Å². The molecule has 1 N–H and O–H groups in total. The van der Waals surface area contributed by atoms with Crippen LogP contribution in [0.1, 0.15) is 30.0 Å². The summed E-state index contributed by atoms with van der Waals surface area (Å²) in [6.07, 6.45) is 0. The van der Waals surface area contributed by atoms with Gasteiger partial charge in [-0.15, -0.1) is 0 Å². The van der Waals surface area contributed by atoms with Gasteiger partial charge in [-0.2, -0.15) is 0 Å². The molecule has 1 aromatic heterocycles. The second kappa shape index (κ2) is 4.67. The van der Waals surface area contributed by atoms with E-state index >= 15 is 0 Å². The Balaban J connectivity index is 2.23. The van der Waals surface area contributed by atoms with Crippen LogP contribution < -0.4 is 5.32 Å². The lowest BCUT2D eigenvalue weighted by Gasteiger charge is -2.06. The molecule has 0 radical (unpaired) electrons. The number of benzene rings is 2. The summed E-state index contributed by atoms with van der Waals surface area (Å²) in [5, 5.41) is 6.03. The molecule has 0 aliphatic carbocycles. The van der Waals surface area contributed by atoms with Gasteiger partial charge in [-0.25, -0.2) is 0 Å². The summed E-state index contributed by atoms with van der Waals surface area (Å²) < 4.78 is 5.86. The largest absolute Gasteiger partial charge is 0.450 e. The highest BCUT2D eigenvalue weighted by Crippen LogP contribution is 2.31. The van der Waals surface area contributed by atoms with E-state index in [0.29, 0.717) is 5.76 Å². The molecule has 0 fully saturated rings. The topological polar surface area (TPSA) is 42.2 Å². The molecule has 0 atom stereocenters. The van der Waals surface area contributed by atoms with Crippen molar-refractivity contribution < 1.29 is 9.21 Å². The zero-order valence-corrected chi connectivity index (χ0v) is 11.9. The molecule has 0 saturated heterocycles. The highest BCUT2D eigenvalue weighted by atomic mass is 16.3. The molecule has 1 amide bonds. The lowest BCUT2D eigenvalue weighted by molar-refractivity contribution is 0.0916. The maximum absolute atomic E-state index is 12.2. The Morgan fingerprint density at radius 2 is 1.85 bits per heavy atom. The minimum Gasteiger partial charge on any atom is -0.450 e. The molecule has 0 spiro atoms. The molecular formula is C17H17NO2. The molecule has 0 unspecified atom stereocenters. The van der Waals surface area contributed by atoms with Gasteiger partial charge >= 0.3 is 0 Å².